The van der Waals surface area contributed by atoms with Gasteiger partial charge in [-0.25, -0.2) is 4.39 Å². The summed E-state index contributed by atoms with van der Waals surface area (Å²) in [6, 6.07) is 4.57. The Kier molecular flexibility index (Phi) is 3.19. The molecule has 1 heterocycles. The minimum Gasteiger partial charge on any atom is -0.336 e. The number of amides is 1. The fourth-order valence-electron chi connectivity index (χ4n) is 2.05. The van der Waals surface area contributed by atoms with Crippen molar-refractivity contribution in [2.45, 2.75) is 30.7 Å². The van der Waals surface area contributed by atoms with Gasteiger partial charge in [0.15, 0.2) is 0 Å². The quantitative estimate of drug-likeness (QED) is 0.747. The van der Waals surface area contributed by atoms with E-state index in [1.165, 1.54) is 18.2 Å². The van der Waals surface area contributed by atoms with Gasteiger partial charge in [0, 0.05) is 23.0 Å². The number of thiol groups is 1. The first-order valence-electron chi connectivity index (χ1n) is 5.39. The number of halogens is 1. The second-order valence-corrected chi connectivity index (χ2v) is 4.64. The molecule has 2 nitrogen and oxygen atoms in total. The van der Waals surface area contributed by atoms with E-state index in [2.05, 4.69) is 12.6 Å². The van der Waals surface area contributed by atoms with Crippen LogP contribution in [0.25, 0.3) is 0 Å². The van der Waals surface area contributed by atoms with E-state index in [0.29, 0.717) is 5.56 Å². The molecule has 1 fully saturated rings. The van der Waals surface area contributed by atoms with Gasteiger partial charge in [-0.2, -0.15) is 0 Å². The van der Waals surface area contributed by atoms with Gasteiger partial charge in [0.1, 0.15) is 5.82 Å². The first kappa shape index (κ1) is 11.5. The number of likely N-dealkylation sites (tertiary alicyclic amines) is 1. The van der Waals surface area contributed by atoms with Crippen LogP contribution >= 0.6 is 12.6 Å². The fourth-order valence-corrected chi connectivity index (χ4v) is 2.26. The Hall–Kier alpha value is -1.03. The van der Waals surface area contributed by atoms with Crippen LogP contribution in [0.15, 0.2) is 23.1 Å². The standard InChI is InChI=1S/C12H14FNOS/c1-8-3-2-6-14(8)12(15)9-4-5-10(13)11(16)7-9/h4-5,7-8,16H,2-3,6H2,1H3. The van der Waals surface area contributed by atoms with E-state index < -0.39 is 5.82 Å². The summed E-state index contributed by atoms with van der Waals surface area (Å²) in [7, 11) is 0. The third kappa shape index (κ3) is 2.07. The van der Waals surface area contributed by atoms with E-state index in [1.807, 2.05) is 11.8 Å². The van der Waals surface area contributed by atoms with Crippen LogP contribution in [0.1, 0.15) is 30.1 Å². The Morgan fingerprint density at radius 3 is 2.88 bits per heavy atom. The van der Waals surface area contributed by atoms with Crippen LogP contribution in [0, 0.1) is 5.82 Å². The van der Waals surface area contributed by atoms with Crippen LogP contribution in [0.5, 0.6) is 0 Å². The topological polar surface area (TPSA) is 20.3 Å². The Morgan fingerprint density at radius 2 is 2.31 bits per heavy atom. The molecule has 4 heteroatoms. The molecule has 1 aromatic carbocycles. The number of rotatable bonds is 1. The summed E-state index contributed by atoms with van der Waals surface area (Å²) in [5.41, 5.74) is 0.514. The summed E-state index contributed by atoms with van der Waals surface area (Å²) in [6.45, 7) is 2.83. The molecule has 0 N–H and O–H groups in total. The Labute approximate surface area is 99.9 Å². The molecule has 1 saturated heterocycles. The molecule has 1 aromatic rings. The molecule has 0 saturated carbocycles. The summed E-state index contributed by atoms with van der Waals surface area (Å²) in [5, 5.41) is 0. The van der Waals surface area contributed by atoms with Gasteiger partial charge < -0.3 is 4.90 Å². The molecule has 1 aliphatic heterocycles. The number of nitrogens with zero attached hydrogens (tertiary/aromatic N) is 1. The monoisotopic (exact) mass is 239 g/mol. The predicted octanol–water partition coefficient (Wildman–Crippen LogP) is 2.74. The first-order chi connectivity index (χ1) is 7.59. The molecule has 1 unspecified atom stereocenters. The minimum absolute atomic E-state index is 0.0275. The van der Waals surface area contributed by atoms with Gasteiger partial charge in [0.2, 0.25) is 0 Å². The third-order valence-electron chi connectivity index (χ3n) is 3.01. The number of carbonyl (C=O) groups excluding carboxylic acids is 1. The summed E-state index contributed by atoms with van der Waals surface area (Å²) in [5.74, 6) is -0.422. The Bertz CT molecular complexity index is 421. The highest BCUT2D eigenvalue weighted by molar-refractivity contribution is 7.80. The van der Waals surface area contributed by atoms with E-state index in [1.54, 1.807) is 0 Å². The van der Waals surface area contributed by atoms with Crippen molar-refractivity contribution in [1.29, 1.82) is 0 Å². The van der Waals surface area contributed by atoms with Crippen LogP contribution in [0.3, 0.4) is 0 Å². The largest absolute Gasteiger partial charge is 0.336 e. The van der Waals surface area contributed by atoms with Crippen LogP contribution in [-0.2, 0) is 0 Å². The second kappa shape index (κ2) is 4.45. The minimum atomic E-state index is -0.394. The van der Waals surface area contributed by atoms with Crippen molar-refractivity contribution in [3.63, 3.8) is 0 Å². The highest BCUT2D eigenvalue weighted by Gasteiger charge is 2.26. The van der Waals surface area contributed by atoms with Crippen molar-refractivity contribution in [2.75, 3.05) is 6.54 Å². The average molecular weight is 239 g/mol. The lowest BCUT2D eigenvalue weighted by atomic mass is 10.2. The lowest BCUT2D eigenvalue weighted by Crippen LogP contribution is -2.33. The second-order valence-electron chi connectivity index (χ2n) is 4.16. The molecule has 2 rings (SSSR count). The lowest BCUT2D eigenvalue weighted by molar-refractivity contribution is 0.0747. The van der Waals surface area contributed by atoms with Crippen LogP contribution < -0.4 is 0 Å². The molecule has 0 radical (unpaired) electrons. The van der Waals surface area contributed by atoms with Crippen molar-refractivity contribution < 1.29 is 9.18 Å². The summed E-state index contributed by atoms with van der Waals surface area (Å²) < 4.78 is 13.0. The van der Waals surface area contributed by atoms with Crippen molar-refractivity contribution in [2.24, 2.45) is 0 Å². The van der Waals surface area contributed by atoms with Gasteiger partial charge in [-0.15, -0.1) is 12.6 Å². The number of benzene rings is 1. The van der Waals surface area contributed by atoms with E-state index in [0.717, 1.165) is 19.4 Å². The van der Waals surface area contributed by atoms with E-state index >= 15 is 0 Å². The van der Waals surface area contributed by atoms with Crippen LogP contribution in [-0.4, -0.2) is 23.4 Å². The highest BCUT2D eigenvalue weighted by atomic mass is 32.1. The van der Waals surface area contributed by atoms with Crippen molar-refractivity contribution >= 4 is 18.5 Å². The maximum atomic E-state index is 13.0. The number of hydrogen-bond donors (Lipinski definition) is 1. The summed E-state index contributed by atoms with van der Waals surface area (Å²) in [6.07, 6.45) is 2.09. The highest BCUT2D eigenvalue weighted by Crippen LogP contribution is 2.21. The summed E-state index contributed by atoms with van der Waals surface area (Å²) in [4.78, 5) is 14.1. The molecule has 0 spiro atoms. The van der Waals surface area contributed by atoms with Gasteiger partial charge in [-0.1, -0.05) is 0 Å². The molecule has 0 bridgehead atoms. The number of hydrogen-bond acceptors (Lipinski definition) is 2. The van der Waals surface area contributed by atoms with Crippen molar-refractivity contribution in [3.8, 4) is 0 Å². The molecule has 86 valence electrons. The molecular weight excluding hydrogens is 225 g/mol. The smallest absolute Gasteiger partial charge is 0.254 e. The maximum absolute atomic E-state index is 13.0. The fraction of sp³-hybridized carbons (Fsp3) is 0.417. The molecule has 1 amide bonds. The van der Waals surface area contributed by atoms with Crippen molar-refractivity contribution in [3.05, 3.63) is 29.6 Å². The van der Waals surface area contributed by atoms with Gasteiger partial charge in [0.25, 0.3) is 5.91 Å². The Balaban J connectivity index is 2.23. The van der Waals surface area contributed by atoms with E-state index in [4.69, 9.17) is 0 Å². The van der Waals surface area contributed by atoms with E-state index in [9.17, 15) is 9.18 Å². The molecule has 16 heavy (non-hydrogen) atoms. The SMILES string of the molecule is CC1CCCN1C(=O)c1ccc(F)c(S)c1. The first-order valence-corrected chi connectivity index (χ1v) is 5.84. The van der Waals surface area contributed by atoms with E-state index in [-0.39, 0.29) is 16.8 Å². The Morgan fingerprint density at radius 1 is 1.56 bits per heavy atom. The van der Waals surface area contributed by atoms with Gasteiger partial charge in [-0.3, -0.25) is 4.79 Å². The zero-order valence-electron chi connectivity index (χ0n) is 9.11. The molecule has 1 aliphatic rings. The van der Waals surface area contributed by atoms with Gasteiger partial charge in [0.05, 0.1) is 0 Å². The maximum Gasteiger partial charge on any atom is 0.254 e. The lowest BCUT2D eigenvalue weighted by Gasteiger charge is -2.21. The number of carbonyl (C=O) groups is 1. The molecule has 0 aromatic heterocycles. The van der Waals surface area contributed by atoms with Crippen molar-refractivity contribution in [1.82, 2.24) is 4.90 Å². The van der Waals surface area contributed by atoms with Gasteiger partial charge in [-0.05, 0) is 38.0 Å². The average Bonchev–Trinajstić information content (AvgIpc) is 2.67. The predicted molar refractivity (Wildman–Crippen MR) is 63.4 cm³/mol. The zero-order valence-corrected chi connectivity index (χ0v) is 10.0. The van der Waals surface area contributed by atoms with Crippen LogP contribution in [0.2, 0.25) is 0 Å². The van der Waals surface area contributed by atoms with Gasteiger partial charge >= 0.3 is 0 Å². The molecule has 1 atom stereocenters. The molecule has 0 aliphatic carbocycles. The zero-order chi connectivity index (χ0) is 11.7. The molecular formula is C12H14FNOS. The van der Waals surface area contributed by atoms with Crippen LogP contribution in [0.4, 0.5) is 4.39 Å². The normalized spacial score (nSPS) is 20.2. The summed E-state index contributed by atoms with van der Waals surface area (Å²) >= 11 is 3.98. The third-order valence-corrected chi connectivity index (χ3v) is 3.35.